The van der Waals surface area contributed by atoms with Crippen molar-refractivity contribution in [3.63, 3.8) is 0 Å². The van der Waals surface area contributed by atoms with E-state index in [1.54, 1.807) is 0 Å². The summed E-state index contributed by atoms with van der Waals surface area (Å²) in [4.78, 5) is 0. The first-order valence-corrected chi connectivity index (χ1v) is 8.10. The van der Waals surface area contributed by atoms with Crippen LogP contribution in [0.4, 0.5) is 0 Å². The van der Waals surface area contributed by atoms with Crippen molar-refractivity contribution in [1.82, 2.24) is 0 Å². The van der Waals surface area contributed by atoms with Gasteiger partial charge in [-0.2, -0.15) is 0 Å². The van der Waals surface area contributed by atoms with Crippen molar-refractivity contribution >= 4 is 23.6 Å². The van der Waals surface area contributed by atoms with Crippen LogP contribution in [0.5, 0.6) is 0 Å². The van der Waals surface area contributed by atoms with Gasteiger partial charge >= 0.3 is 0 Å². The Labute approximate surface area is 103 Å². The van der Waals surface area contributed by atoms with Crippen LogP contribution >= 0.6 is 6.49 Å². The smallest absolute Gasteiger partial charge is 0.219 e. The van der Waals surface area contributed by atoms with Gasteiger partial charge in [-0.3, -0.25) is 0 Å². The number of benzene rings is 1. The Hall–Kier alpha value is -0.210. The van der Waals surface area contributed by atoms with E-state index in [1.165, 1.54) is 0 Å². The van der Waals surface area contributed by atoms with Gasteiger partial charge in [0.05, 0.1) is 12.2 Å². The molecule has 0 aliphatic heterocycles. The lowest BCUT2D eigenvalue weighted by Crippen LogP contribution is -2.16. The molecule has 0 saturated carbocycles. The highest BCUT2D eigenvalue weighted by Crippen LogP contribution is 2.49. The van der Waals surface area contributed by atoms with Gasteiger partial charge in [-0.25, -0.2) is 0 Å². The van der Waals surface area contributed by atoms with E-state index < -0.39 is 6.49 Å². The van der Waals surface area contributed by atoms with Gasteiger partial charge in [-0.1, -0.05) is 18.2 Å². The molecule has 16 heavy (non-hydrogen) atoms. The molecule has 0 radical (unpaired) electrons. The van der Waals surface area contributed by atoms with Crippen LogP contribution < -0.4 is 5.30 Å². The summed E-state index contributed by atoms with van der Waals surface area (Å²) in [7, 11) is 0. The molecular formula is C12H19O2PS. The molecule has 0 heterocycles. The number of rotatable bonds is 5. The first-order chi connectivity index (χ1) is 7.44. The Kier molecular flexibility index (Phi) is 5.13. The highest BCUT2D eigenvalue weighted by atomic mass is 32.5. The fourth-order valence-corrected chi connectivity index (χ4v) is 4.65. The lowest BCUT2D eigenvalue weighted by atomic mass is 10.4. The Bertz CT molecular complexity index is 349. The summed E-state index contributed by atoms with van der Waals surface area (Å²) >= 11 is 5.59. The minimum atomic E-state index is -2.35. The van der Waals surface area contributed by atoms with E-state index in [-0.39, 0.29) is 12.2 Å². The fourth-order valence-electron chi connectivity index (χ4n) is 1.31. The fraction of sp³-hybridized carbons (Fsp3) is 0.500. The summed E-state index contributed by atoms with van der Waals surface area (Å²) in [5.41, 5.74) is 0. The standard InChI is InChI=1S/C12H19O2PS/c1-10(2)13-15(16,14-11(3)4)12-8-6-5-7-9-12/h5-11H,1-4H3. The Morgan fingerprint density at radius 3 is 1.75 bits per heavy atom. The molecule has 1 aromatic carbocycles. The van der Waals surface area contributed by atoms with Crippen molar-refractivity contribution in [3.8, 4) is 0 Å². The molecular weight excluding hydrogens is 239 g/mol. The van der Waals surface area contributed by atoms with Crippen LogP contribution in [0.1, 0.15) is 27.7 Å². The maximum atomic E-state index is 5.84. The van der Waals surface area contributed by atoms with Crippen LogP contribution in [0.15, 0.2) is 30.3 Å². The largest absolute Gasteiger partial charge is 0.323 e. The monoisotopic (exact) mass is 258 g/mol. The van der Waals surface area contributed by atoms with Crippen LogP contribution in [-0.4, -0.2) is 12.2 Å². The lowest BCUT2D eigenvalue weighted by Gasteiger charge is -2.26. The molecule has 0 N–H and O–H groups in total. The predicted octanol–water partition coefficient (Wildman–Crippen LogP) is 3.47. The van der Waals surface area contributed by atoms with E-state index >= 15 is 0 Å². The van der Waals surface area contributed by atoms with Gasteiger partial charge in [0.2, 0.25) is 6.49 Å². The summed E-state index contributed by atoms with van der Waals surface area (Å²) in [5.74, 6) is 0. The Morgan fingerprint density at radius 2 is 1.38 bits per heavy atom. The molecule has 0 saturated heterocycles. The zero-order valence-corrected chi connectivity index (χ0v) is 11.9. The quantitative estimate of drug-likeness (QED) is 0.753. The molecule has 1 aromatic rings. The van der Waals surface area contributed by atoms with Crippen molar-refractivity contribution < 1.29 is 9.05 Å². The average molecular weight is 258 g/mol. The van der Waals surface area contributed by atoms with E-state index in [2.05, 4.69) is 0 Å². The third-order valence-corrected chi connectivity index (χ3v) is 5.25. The van der Waals surface area contributed by atoms with Crippen molar-refractivity contribution in [3.05, 3.63) is 30.3 Å². The van der Waals surface area contributed by atoms with E-state index in [9.17, 15) is 0 Å². The zero-order valence-electron chi connectivity index (χ0n) is 10.2. The highest BCUT2D eigenvalue weighted by Gasteiger charge is 2.24. The topological polar surface area (TPSA) is 18.5 Å². The average Bonchev–Trinajstić information content (AvgIpc) is 2.16. The lowest BCUT2D eigenvalue weighted by molar-refractivity contribution is 0.181. The Balaban J connectivity index is 3.00. The first-order valence-electron chi connectivity index (χ1n) is 5.46. The molecule has 0 spiro atoms. The second-order valence-electron chi connectivity index (χ2n) is 4.14. The first kappa shape index (κ1) is 13.9. The second-order valence-corrected chi connectivity index (χ2v) is 7.52. The molecule has 0 fully saturated rings. The van der Waals surface area contributed by atoms with Crippen LogP contribution in [0.2, 0.25) is 0 Å². The van der Waals surface area contributed by atoms with E-state index in [1.807, 2.05) is 58.0 Å². The second kappa shape index (κ2) is 5.92. The molecule has 0 unspecified atom stereocenters. The zero-order chi connectivity index (χ0) is 12.2. The minimum Gasteiger partial charge on any atom is -0.323 e. The van der Waals surface area contributed by atoms with Crippen LogP contribution in [-0.2, 0) is 20.9 Å². The van der Waals surface area contributed by atoms with Crippen LogP contribution in [0, 0.1) is 0 Å². The molecule has 2 nitrogen and oxygen atoms in total. The van der Waals surface area contributed by atoms with Gasteiger partial charge in [0.25, 0.3) is 0 Å². The summed E-state index contributed by atoms with van der Waals surface area (Å²) in [5, 5.41) is 0.979. The number of hydrogen-bond donors (Lipinski definition) is 0. The Morgan fingerprint density at radius 1 is 0.938 bits per heavy atom. The maximum absolute atomic E-state index is 5.84. The summed E-state index contributed by atoms with van der Waals surface area (Å²) in [6, 6.07) is 9.85. The molecule has 0 aliphatic carbocycles. The van der Waals surface area contributed by atoms with E-state index in [0.29, 0.717) is 0 Å². The number of hydrogen-bond acceptors (Lipinski definition) is 3. The summed E-state index contributed by atoms with van der Waals surface area (Å²) < 4.78 is 11.7. The predicted molar refractivity (Wildman–Crippen MR) is 72.8 cm³/mol. The molecule has 90 valence electrons. The molecule has 0 amide bonds. The van der Waals surface area contributed by atoms with Gasteiger partial charge in [0, 0.05) is 5.30 Å². The van der Waals surface area contributed by atoms with Gasteiger partial charge in [-0.05, 0) is 51.6 Å². The van der Waals surface area contributed by atoms with Gasteiger partial charge in [0.15, 0.2) is 0 Å². The van der Waals surface area contributed by atoms with Crippen LogP contribution in [0.25, 0.3) is 0 Å². The van der Waals surface area contributed by atoms with E-state index in [4.69, 9.17) is 20.9 Å². The van der Waals surface area contributed by atoms with Gasteiger partial charge in [-0.15, -0.1) is 0 Å². The van der Waals surface area contributed by atoms with Gasteiger partial charge < -0.3 is 9.05 Å². The van der Waals surface area contributed by atoms with Crippen molar-refractivity contribution in [1.29, 1.82) is 0 Å². The highest BCUT2D eigenvalue weighted by molar-refractivity contribution is 8.13. The van der Waals surface area contributed by atoms with Gasteiger partial charge in [0.1, 0.15) is 0 Å². The summed E-state index contributed by atoms with van der Waals surface area (Å²) in [6.07, 6.45) is 0.148. The summed E-state index contributed by atoms with van der Waals surface area (Å²) in [6.45, 7) is 5.57. The molecule has 0 bridgehead atoms. The van der Waals surface area contributed by atoms with Crippen molar-refractivity contribution in [2.24, 2.45) is 0 Å². The van der Waals surface area contributed by atoms with Crippen molar-refractivity contribution in [2.45, 2.75) is 39.9 Å². The molecule has 0 aliphatic rings. The SMILES string of the molecule is CC(C)OP(=S)(OC(C)C)c1ccccc1. The van der Waals surface area contributed by atoms with Crippen LogP contribution in [0.3, 0.4) is 0 Å². The molecule has 1 rings (SSSR count). The molecule has 0 atom stereocenters. The van der Waals surface area contributed by atoms with Crippen molar-refractivity contribution in [2.75, 3.05) is 0 Å². The normalized spacial score (nSPS) is 12.4. The minimum absolute atomic E-state index is 0.0739. The molecule has 4 heteroatoms. The maximum Gasteiger partial charge on any atom is 0.219 e. The van der Waals surface area contributed by atoms with E-state index in [0.717, 1.165) is 5.30 Å². The third-order valence-electron chi connectivity index (χ3n) is 1.77. The third kappa shape index (κ3) is 3.99. The molecule has 0 aromatic heterocycles.